The molecule has 2 rings (SSSR count). The third-order valence-electron chi connectivity index (χ3n) is 3.45. The van der Waals surface area contributed by atoms with Crippen LogP contribution in [0, 0.1) is 12.8 Å². The van der Waals surface area contributed by atoms with Crippen LogP contribution in [0.2, 0.25) is 0 Å². The largest absolute Gasteiger partial charge is 0.398 e. The molecule has 1 aromatic rings. The number of alkyl halides is 3. The Balaban J connectivity index is 2.07. The Morgan fingerprint density at radius 3 is 2.86 bits per heavy atom. The Bertz CT molecular complexity index is 528. The second-order valence-electron chi connectivity index (χ2n) is 5.44. The highest BCUT2D eigenvalue weighted by Gasteiger charge is 2.28. The molecule has 22 heavy (non-hydrogen) atoms. The van der Waals surface area contributed by atoms with Crippen LogP contribution in [0.15, 0.2) is 23.1 Å². The van der Waals surface area contributed by atoms with E-state index in [0.717, 1.165) is 24.9 Å². The molecule has 0 aromatic heterocycles. The SMILES string of the molecule is Cc1ccc(SCC(F)(F)F)c(NC(=O)C2CCCNC2)c1. The molecule has 122 valence electrons. The highest BCUT2D eigenvalue weighted by atomic mass is 32.2. The minimum absolute atomic E-state index is 0.130. The van der Waals surface area contributed by atoms with Gasteiger partial charge < -0.3 is 10.6 Å². The number of amides is 1. The van der Waals surface area contributed by atoms with Gasteiger partial charge in [-0.2, -0.15) is 13.2 Å². The molecule has 1 amide bonds. The van der Waals surface area contributed by atoms with Crippen LogP contribution in [-0.4, -0.2) is 30.9 Å². The number of rotatable bonds is 4. The van der Waals surface area contributed by atoms with Gasteiger partial charge in [0, 0.05) is 11.4 Å². The third kappa shape index (κ3) is 5.21. The van der Waals surface area contributed by atoms with E-state index >= 15 is 0 Å². The van der Waals surface area contributed by atoms with Crippen molar-refractivity contribution < 1.29 is 18.0 Å². The summed E-state index contributed by atoms with van der Waals surface area (Å²) < 4.78 is 37.2. The number of hydrogen-bond donors (Lipinski definition) is 2. The molecule has 1 atom stereocenters. The van der Waals surface area contributed by atoms with E-state index in [9.17, 15) is 18.0 Å². The van der Waals surface area contributed by atoms with Crippen LogP contribution in [0.1, 0.15) is 18.4 Å². The van der Waals surface area contributed by atoms with E-state index in [0.29, 0.717) is 28.9 Å². The third-order valence-corrected chi connectivity index (χ3v) is 4.59. The lowest BCUT2D eigenvalue weighted by Gasteiger charge is -2.22. The van der Waals surface area contributed by atoms with Gasteiger partial charge in [0.2, 0.25) is 5.91 Å². The normalized spacial score (nSPS) is 19.0. The van der Waals surface area contributed by atoms with Crippen molar-refractivity contribution in [3.8, 4) is 0 Å². The van der Waals surface area contributed by atoms with Crippen LogP contribution in [-0.2, 0) is 4.79 Å². The summed E-state index contributed by atoms with van der Waals surface area (Å²) in [5, 5.41) is 5.95. The molecular weight excluding hydrogens is 313 g/mol. The highest BCUT2D eigenvalue weighted by Crippen LogP contribution is 2.33. The first kappa shape index (κ1) is 17.1. The van der Waals surface area contributed by atoms with Crippen molar-refractivity contribution in [1.29, 1.82) is 0 Å². The van der Waals surface area contributed by atoms with Crippen molar-refractivity contribution in [3.63, 3.8) is 0 Å². The summed E-state index contributed by atoms with van der Waals surface area (Å²) in [6, 6.07) is 5.09. The average molecular weight is 332 g/mol. The van der Waals surface area contributed by atoms with Gasteiger partial charge in [-0.3, -0.25) is 4.79 Å². The summed E-state index contributed by atoms with van der Waals surface area (Å²) in [7, 11) is 0. The van der Waals surface area contributed by atoms with Gasteiger partial charge in [0.25, 0.3) is 0 Å². The molecule has 1 fully saturated rings. The van der Waals surface area contributed by atoms with Gasteiger partial charge in [-0.25, -0.2) is 0 Å². The number of benzene rings is 1. The highest BCUT2D eigenvalue weighted by molar-refractivity contribution is 7.99. The number of piperidine rings is 1. The maximum atomic E-state index is 12.4. The van der Waals surface area contributed by atoms with Crippen molar-refractivity contribution in [3.05, 3.63) is 23.8 Å². The first-order valence-corrected chi connectivity index (χ1v) is 8.15. The average Bonchev–Trinajstić information content (AvgIpc) is 2.46. The number of nitrogens with one attached hydrogen (secondary N) is 2. The van der Waals surface area contributed by atoms with Gasteiger partial charge in [0.1, 0.15) is 0 Å². The van der Waals surface area contributed by atoms with Crippen molar-refractivity contribution in [2.24, 2.45) is 5.92 Å². The minimum atomic E-state index is -4.23. The summed E-state index contributed by atoms with van der Waals surface area (Å²) in [4.78, 5) is 12.7. The molecule has 0 spiro atoms. The molecule has 1 aliphatic rings. The van der Waals surface area contributed by atoms with E-state index in [1.54, 1.807) is 18.2 Å². The monoisotopic (exact) mass is 332 g/mol. The van der Waals surface area contributed by atoms with Crippen molar-refractivity contribution in [2.45, 2.75) is 30.8 Å². The molecule has 1 unspecified atom stereocenters. The van der Waals surface area contributed by atoms with Gasteiger partial charge in [0.05, 0.1) is 17.4 Å². The molecule has 2 N–H and O–H groups in total. The van der Waals surface area contributed by atoms with Crippen LogP contribution in [0.5, 0.6) is 0 Å². The Morgan fingerprint density at radius 1 is 1.45 bits per heavy atom. The predicted octanol–water partition coefficient (Wildman–Crippen LogP) is 3.59. The summed E-state index contributed by atoms with van der Waals surface area (Å²) >= 11 is 0.696. The van der Waals surface area contributed by atoms with Gasteiger partial charge in [-0.05, 0) is 44.0 Å². The van der Waals surface area contributed by atoms with Crippen LogP contribution < -0.4 is 10.6 Å². The Hall–Kier alpha value is -1.21. The molecule has 0 radical (unpaired) electrons. The van der Waals surface area contributed by atoms with E-state index in [1.165, 1.54) is 0 Å². The molecule has 1 heterocycles. The first-order chi connectivity index (χ1) is 10.3. The maximum Gasteiger partial charge on any atom is 0.398 e. The summed E-state index contributed by atoms with van der Waals surface area (Å²) in [5.41, 5.74) is 1.36. The van der Waals surface area contributed by atoms with Crippen molar-refractivity contribution >= 4 is 23.4 Å². The number of aryl methyl sites for hydroxylation is 1. The lowest BCUT2D eigenvalue weighted by Crippen LogP contribution is -2.37. The zero-order chi connectivity index (χ0) is 16.2. The van der Waals surface area contributed by atoms with Gasteiger partial charge >= 0.3 is 6.18 Å². The first-order valence-electron chi connectivity index (χ1n) is 7.17. The van der Waals surface area contributed by atoms with Crippen LogP contribution in [0.3, 0.4) is 0 Å². The van der Waals surface area contributed by atoms with E-state index in [2.05, 4.69) is 10.6 Å². The standard InChI is InChI=1S/C15H19F3N2OS/c1-10-4-5-13(22-9-15(16,17)18)12(7-10)20-14(21)11-3-2-6-19-8-11/h4-5,7,11,19H,2-3,6,8-9H2,1H3,(H,20,21). The van der Waals surface area contributed by atoms with Gasteiger partial charge in [0.15, 0.2) is 0 Å². The predicted molar refractivity (Wildman–Crippen MR) is 82.2 cm³/mol. The lowest BCUT2D eigenvalue weighted by atomic mass is 9.99. The number of carbonyl (C=O) groups excluding carboxylic acids is 1. The molecule has 1 aliphatic heterocycles. The van der Waals surface area contributed by atoms with Crippen molar-refractivity contribution in [2.75, 3.05) is 24.2 Å². The molecule has 0 saturated carbocycles. The fraction of sp³-hybridized carbons (Fsp3) is 0.533. The topological polar surface area (TPSA) is 41.1 Å². The second-order valence-corrected chi connectivity index (χ2v) is 6.45. The molecule has 0 aliphatic carbocycles. The Morgan fingerprint density at radius 2 is 2.23 bits per heavy atom. The van der Waals surface area contributed by atoms with E-state index < -0.39 is 11.9 Å². The summed E-state index contributed by atoms with van der Waals surface area (Å²) in [6.45, 7) is 3.36. The number of halogens is 3. The number of anilines is 1. The summed E-state index contributed by atoms with van der Waals surface area (Å²) in [6.07, 6.45) is -2.50. The number of carbonyl (C=O) groups is 1. The van der Waals surface area contributed by atoms with E-state index in [1.807, 2.05) is 6.92 Å². The maximum absolute atomic E-state index is 12.4. The second kappa shape index (κ2) is 7.37. The van der Waals surface area contributed by atoms with E-state index in [-0.39, 0.29) is 11.8 Å². The van der Waals surface area contributed by atoms with Crippen LogP contribution in [0.25, 0.3) is 0 Å². The summed E-state index contributed by atoms with van der Waals surface area (Å²) in [5.74, 6) is -1.23. The fourth-order valence-electron chi connectivity index (χ4n) is 2.34. The smallest absolute Gasteiger partial charge is 0.325 e. The number of hydrogen-bond acceptors (Lipinski definition) is 3. The Kier molecular flexibility index (Phi) is 5.74. The zero-order valence-corrected chi connectivity index (χ0v) is 13.1. The lowest BCUT2D eigenvalue weighted by molar-refractivity contribution is -0.120. The van der Waals surface area contributed by atoms with Crippen LogP contribution >= 0.6 is 11.8 Å². The minimum Gasteiger partial charge on any atom is -0.325 e. The van der Waals surface area contributed by atoms with E-state index in [4.69, 9.17) is 0 Å². The fourth-order valence-corrected chi connectivity index (χ4v) is 3.09. The molecule has 3 nitrogen and oxygen atoms in total. The zero-order valence-electron chi connectivity index (χ0n) is 12.3. The molecule has 0 bridgehead atoms. The number of thioether (sulfide) groups is 1. The van der Waals surface area contributed by atoms with Crippen molar-refractivity contribution in [1.82, 2.24) is 5.32 Å². The van der Waals surface area contributed by atoms with Crippen LogP contribution in [0.4, 0.5) is 18.9 Å². The molecular formula is C15H19F3N2OS. The molecule has 7 heteroatoms. The quantitative estimate of drug-likeness (QED) is 0.828. The van der Waals surface area contributed by atoms with Gasteiger partial charge in [-0.15, -0.1) is 11.8 Å². The Labute approximate surface area is 132 Å². The molecule has 1 saturated heterocycles. The van der Waals surface area contributed by atoms with Gasteiger partial charge in [-0.1, -0.05) is 6.07 Å². The molecule has 1 aromatic carbocycles.